The van der Waals surface area contributed by atoms with Crippen molar-refractivity contribution in [1.82, 2.24) is 0 Å². The summed E-state index contributed by atoms with van der Waals surface area (Å²) in [5.74, 6) is 0. The number of rotatable bonds is 4. The monoisotopic (exact) mass is 511 g/mol. The summed E-state index contributed by atoms with van der Waals surface area (Å²) in [6, 6.07) is 53.9. The van der Waals surface area contributed by atoms with E-state index < -0.39 is 0 Å². The summed E-state index contributed by atoms with van der Waals surface area (Å²) in [6.45, 7) is 0. The van der Waals surface area contributed by atoms with Gasteiger partial charge in [0.15, 0.2) is 0 Å². The highest BCUT2D eigenvalue weighted by Crippen LogP contribution is 2.44. The standard InChI is InChI=1S/C38H25NO/c1-2-11-26(12-3-1)27-14-10-15-29(23-27)39(30-21-22-38-35(25-30)34-19-8-9-20-37(34)40-38)36-24-28-13-4-5-16-31(28)32-17-6-7-18-33(32)36/h1-25H. The summed E-state index contributed by atoms with van der Waals surface area (Å²) < 4.78 is 6.18. The lowest BCUT2D eigenvalue weighted by Crippen LogP contribution is -2.10. The molecule has 0 unspecified atom stereocenters. The van der Waals surface area contributed by atoms with Gasteiger partial charge in [-0.25, -0.2) is 0 Å². The third-order valence-corrected chi connectivity index (χ3v) is 7.82. The lowest BCUT2D eigenvalue weighted by molar-refractivity contribution is 0.669. The quantitative estimate of drug-likeness (QED) is 0.218. The van der Waals surface area contributed by atoms with Crippen LogP contribution in [0.25, 0.3) is 54.6 Å². The van der Waals surface area contributed by atoms with E-state index in [0.717, 1.165) is 39.0 Å². The maximum Gasteiger partial charge on any atom is 0.135 e. The normalized spacial score (nSPS) is 11.5. The van der Waals surface area contributed by atoms with Crippen molar-refractivity contribution in [3.8, 4) is 11.1 Å². The molecule has 0 saturated carbocycles. The first-order chi connectivity index (χ1) is 19.8. The molecule has 0 aliphatic heterocycles. The van der Waals surface area contributed by atoms with Crippen molar-refractivity contribution in [2.75, 3.05) is 4.90 Å². The fourth-order valence-corrected chi connectivity index (χ4v) is 5.96. The van der Waals surface area contributed by atoms with Crippen molar-refractivity contribution in [2.24, 2.45) is 0 Å². The van der Waals surface area contributed by atoms with Crippen LogP contribution in [0.15, 0.2) is 156 Å². The number of furan rings is 1. The molecule has 2 heteroatoms. The third kappa shape index (κ3) is 3.65. The van der Waals surface area contributed by atoms with Gasteiger partial charge in [-0.1, -0.05) is 109 Å². The molecular formula is C38H25NO. The average Bonchev–Trinajstić information content (AvgIpc) is 3.40. The topological polar surface area (TPSA) is 16.4 Å². The van der Waals surface area contributed by atoms with Crippen molar-refractivity contribution < 1.29 is 4.42 Å². The number of hydrogen-bond donors (Lipinski definition) is 0. The van der Waals surface area contributed by atoms with Gasteiger partial charge in [-0.05, 0) is 69.8 Å². The maximum atomic E-state index is 6.18. The molecular weight excluding hydrogens is 486 g/mol. The molecule has 1 heterocycles. The second-order valence-corrected chi connectivity index (χ2v) is 10.2. The van der Waals surface area contributed by atoms with E-state index in [1.165, 1.54) is 32.7 Å². The van der Waals surface area contributed by atoms with Gasteiger partial charge in [0.2, 0.25) is 0 Å². The Morgan fingerprint density at radius 2 is 1.02 bits per heavy atom. The molecule has 0 bridgehead atoms. The van der Waals surface area contributed by atoms with E-state index >= 15 is 0 Å². The molecule has 0 aliphatic rings. The largest absolute Gasteiger partial charge is 0.456 e. The summed E-state index contributed by atoms with van der Waals surface area (Å²) in [6.07, 6.45) is 0. The molecule has 0 radical (unpaired) electrons. The molecule has 1 aromatic heterocycles. The minimum atomic E-state index is 0.895. The van der Waals surface area contributed by atoms with Gasteiger partial charge in [0.05, 0.1) is 5.69 Å². The van der Waals surface area contributed by atoms with Gasteiger partial charge >= 0.3 is 0 Å². The lowest BCUT2D eigenvalue weighted by Gasteiger charge is -2.28. The van der Waals surface area contributed by atoms with E-state index in [9.17, 15) is 0 Å². The zero-order valence-corrected chi connectivity index (χ0v) is 21.8. The van der Waals surface area contributed by atoms with Crippen LogP contribution < -0.4 is 4.90 Å². The van der Waals surface area contributed by atoms with Gasteiger partial charge in [-0.3, -0.25) is 0 Å². The highest BCUT2D eigenvalue weighted by atomic mass is 16.3. The number of fused-ring (bicyclic) bond motifs is 6. The zero-order valence-electron chi connectivity index (χ0n) is 21.8. The van der Waals surface area contributed by atoms with Crippen LogP contribution in [-0.2, 0) is 0 Å². The first-order valence-electron chi connectivity index (χ1n) is 13.6. The summed E-state index contributed by atoms with van der Waals surface area (Å²) >= 11 is 0. The predicted octanol–water partition coefficient (Wildman–Crippen LogP) is 11.0. The fraction of sp³-hybridized carbons (Fsp3) is 0. The molecule has 0 amide bonds. The van der Waals surface area contributed by atoms with Crippen LogP contribution in [0.1, 0.15) is 0 Å². The van der Waals surface area contributed by atoms with Gasteiger partial charge in [0.1, 0.15) is 11.2 Å². The minimum Gasteiger partial charge on any atom is -0.456 e. The smallest absolute Gasteiger partial charge is 0.135 e. The van der Waals surface area contributed by atoms with E-state index in [1.807, 2.05) is 12.1 Å². The Morgan fingerprint density at radius 3 is 1.90 bits per heavy atom. The average molecular weight is 512 g/mol. The Morgan fingerprint density at radius 1 is 0.375 bits per heavy atom. The molecule has 40 heavy (non-hydrogen) atoms. The predicted molar refractivity (Wildman–Crippen MR) is 169 cm³/mol. The number of nitrogens with zero attached hydrogens (tertiary/aromatic N) is 1. The second-order valence-electron chi connectivity index (χ2n) is 10.2. The highest BCUT2D eigenvalue weighted by Gasteiger charge is 2.19. The summed E-state index contributed by atoms with van der Waals surface area (Å²) in [5, 5.41) is 7.17. The summed E-state index contributed by atoms with van der Waals surface area (Å²) in [5.41, 5.74) is 7.52. The van der Waals surface area contributed by atoms with E-state index in [0.29, 0.717) is 0 Å². The molecule has 0 atom stereocenters. The number of anilines is 3. The number of para-hydroxylation sites is 1. The van der Waals surface area contributed by atoms with Crippen LogP contribution in [-0.4, -0.2) is 0 Å². The Bertz CT molecular complexity index is 2170. The minimum absolute atomic E-state index is 0.895. The van der Waals surface area contributed by atoms with Crippen LogP contribution >= 0.6 is 0 Å². The van der Waals surface area contributed by atoms with Crippen molar-refractivity contribution in [2.45, 2.75) is 0 Å². The molecule has 8 aromatic rings. The van der Waals surface area contributed by atoms with Crippen LogP contribution in [0.3, 0.4) is 0 Å². The Balaban J connectivity index is 1.43. The molecule has 0 spiro atoms. The van der Waals surface area contributed by atoms with Crippen LogP contribution in [0.2, 0.25) is 0 Å². The molecule has 0 N–H and O–H groups in total. The first kappa shape index (κ1) is 22.6. The van der Waals surface area contributed by atoms with Gasteiger partial charge in [-0.15, -0.1) is 0 Å². The Hall–Kier alpha value is -5.34. The second kappa shape index (κ2) is 9.14. The van der Waals surface area contributed by atoms with E-state index in [4.69, 9.17) is 4.42 Å². The highest BCUT2D eigenvalue weighted by molar-refractivity contribution is 6.15. The van der Waals surface area contributed by atoms with Gasteiger partial charge in [-0.2, -0.15) is 0 Å². The Labute approximate surface area is 232 Å². The molecule has 0 fully saturated rings. The van der Waals surface area contributed by atoms with E-state index in [2.05, 4.69) is 144 Å². The van der Waals surface area contributed by atoms with Gasteiger partial charge in [0.25, 0.3) is 0 Å². The maximum absolute atomic E-state index is 6.18. The van der Waals surface area contributed by atoms with Crippen molar-refractivity contribution in [3.63, 3.8) is 0 Å². The number of benzene rings is 7. The lowest BCUT2D eigenvalue weighted by atomic mass is 9.98. The molecule has 2 nitrogen and oxygen atoms in total. The first-order valence-corrected chi connectivity index (χ1v) is 13.6. The summed E-state index contributed by atoms with van der Waals surface area (Å²) in [7, 11) is 0. The van der Waals surface area contributed by atoms with Gasteiger partial charge < -0.3 is 9.32 Å². The van der Waals surface area contributed by atoms with E-state index in [1.54, 1.807) is 0 Å². The SMILES string of the molecule is c1ccc(-c2cccc(N(c3ccc4oc5ccccc5c4c3)c3cc4ccccc4c4ccccc34)c2)cc1. The molecule has 188 valence electrons. The van der Waals surface area contributed by atoms with Crippen LogP contribution in [0, 0.1) is 0 Å². The van der Waals surface area contributed by atoms with E-state index in [-0.39, 0.29) is 0 Å². The zero-order chi connectivity index (χ0) is 26.5. The van der Waals surface area contributed by atoms with Gasteiger partial charge in [0, 0.05) is 27.5 Å². The molecule has 8 rings (SSSR count). The van der Waals surface area contributed by atoms with Crippen LogP contribution in [0.5, 0.6) is 0 Å². The summed E-state index contributed by atoms with van der Waals surface area (Å²) in [4.78, 5) is 2.39. The number of hydrogen-bond acceptors (Lipinski definition) is 2. The fourth-order valence-electron chi connectivity index (χ4n) is 5.96. The molecule has 0 saturated heterocycles. The van der Waals surface area contributed by atoms with Crippen LogP contribution in [0.4, 0.5) is 17.1 Å². The molecule has 7 aromatic carbocycles. The Kier molecular flexibility index (Phi) is 5.17. The van der Waals surface area contributed by atoms with Crippen molar-refractivity contribution in [3.05, 3.63) is 152 Å². The van der Waals surface area contributed by atoms with Crippen molar-refractivity contribution >= 4 is 60.5 Å². The molecule has 0 aliphatic carbocycles. The van der Waals surface area contributed by atoms with Crippen molar-refractivity contribution in [1.29, 1.82) is 0 Å². The third-order valence-electron chi connectivity index (χ3n) is 7.82.